The molecule has 0 aliphatic carbocycles. The van der Waals surface area contributed by atoms with Gasteiger partial charge in [-0.3, -0.25) is 14.2 Å². The Morgan fingerprint density at radius 2 is 1.93 bits per heavy atom. The maximum Gasteiger partial charge on any atom is 0.307 e. The van der Waals surface area contributed by atoms with Gasteiger partial charge in [-0.05, 0) is 30.7 Å². The Balaban J connectivity index is 2.15. The van der Waals surface area contributed by atoms with Crippen LogP contribution >= 0.6 is 7.37 Å². The minimum absolute atomic E-state index is 0.0818. The number of likely N-dealkylation sites (tertiary alicyclic amines) is 1. The highest BCUT2D eigenvalue weighted by Crippen LogP contribution is 2.53. The molecule has 1 unspecified atom stereocenters. The second-order valence-electron chi connectivity index (χ2n) is 7.59. The van der Waals surface area contributed by atoms with Crippen LogP contribution in [0.25, 0.3) is 0 Å². The van der Waals surface area contributed by atoms with Gasteiger partial charge in [0.05, 0.1) is 12.0 Å². The Hall–Kier alpha value is -1.69. The van der Waals surface area contributed by atoms with Crippen molar-refractivity contribution in [3.8, 4) is 0 Å². The lowest BCUT2D eigenvalue weighted by Crippen LogP contribution is -2.48. The van der Waals surface area contributed by atoms with Gasteiger partial charge < -0.3 is 20.6 Å². The Labute approximate surface area is 160 Å². The molecule has 0 bridgehead atoms. The molecule has 0 radical (unpaired) electrons. The van der Waals surface area contributed by atoms with Crippen LogP contribution in [-0.2, 0) is 20.6 Å². The highest BCUT2D eigenvalue weighted by atomic mass is 31.2. The average molecular weight is 396 g/mol. The van der Waals surface area contributed by atoms with E-state index in [1.165, 1.54) is 4.90 Å². The van der Waals surface area contributed by atoms with Crippen molar-refractivity contribution in [1.29, 1.82) is 0 Å². The molecule has 1 aromatic carbocycles. The van der Waals surface area contributed by atoms with Gasteiger partial charge in [-0.1, -0.05) is 44.2 Å². The molecule has 150 valence electrons. The monoisotopic (exact) mass is 396 g/mol. The zero-order chi connectivity index (χ0) is 20.2. The number of carbonyl (C=O) groups is 2. The predicted octanol–water partition coefficient (Wildman–Crippen LogP) is 2.13. The normalized spacial score (nSPS) is 21.7. The van der Waals surface area contributed by atoms with Gasteiger partial charge in [-0.2, -0.15) is 0 Å². The molecule has 0 saturated carbocycles. The third kappa shape index (κ3) is 5.41. The van der Waals surface area contributed by atoms with E-state index in [-0.39, 0.29) is 24.4 Å². The van der Waals surface area contributed by atoms with Gasteiger partial charge in [0, 0.05) is 12.7 Å². The highest BCUT2D eigenvalue weighted by Gasteiger charge is 2.44. The number of hydrogen-bond donors (Lipinski definition) is 3. The maximum atomic E-state index is 13.1. The van der Waals surface area contributed by atoms with Crippen LogP contribution in [0.2, 0.25) is 0 Å². The van der Waals surface area contributed by atoms with Crippen LogP contribution in [0.1, 0.15) is 32.3 Å². The molecule has 1 heterocycles. The molecule has 2 rings (SSSR count). The van der Waals surface area contributed by atoms with E-state index >= 15 is 0 Å². The standard InChI is InChI=1S/C19H29N2O5P/c1-13(2)17(20)18(22)21-10-6-9-16(21)27(25,26)12-15(19(23)24)11-14-7-4-3-5-8-14/h3-5,7-8,13,15-17H,6,9-12,20H2,1-2H3,(H,23,24)(H,25,26)/t15-,16+,17+/m1/s1. The Kier molecular flexibility index (Phi) is 7.20. The summed E-state index contributed by atoms with van der Waals surface area (Å²) in [7, 11) is -3.90. The summed E-state index contributed by atoms with van der Waals surface area (Å²) in [5.74, 6) is -3.37. The maximum absolute atomic E-state index is 13.1. The van der Waals surface area contributed by atoms with Gasteiger partial charge in [0.2, 0.25) is 13.3 Å². The number of hydrogen-bond acceptors (Lipinski definition) is 4. The minimum Gasteiger partial charge on any atom is -0.481 e. The summed E-state index contributed by atoms with van der Waals surface area (Å²) >= 11 is 0. The van der Waals surface area contributed by atoms with Crippen molar-refractivity contribution in [3.63, 3.8) is 0 Å². The molecular weight excluding hydrogens is 367 g/mol. The van der Waals surface area contributed by atoms with Crippen LogP contribution in [0, 0.1) is 11.8 Å². The SMILES string of the molecule is CC(C)[C@H](N)C(=O)N1CCC[C@@H]1P(=O)(O)C[C@@H](Cc1ccccc1)C(=O)O. The quantitative estimate of drug-likeness (QED) is 0.579. The highest BCUT2D eigenvalue weighted by molar-refractivity contribution is 7.58. The second kappa shape index (κ2) is 9.00. The number of nitrogens with two attached hydrogens (primary N) is 1. The molecule has 0 aromatic heterocycles. The zero-order valence-electron chi connectivity index (χ0n) is 15.8. The third-order valence-corrected chi connectivity index (χ3v) is 7.56. The molecule has 1 saturated heterocycles. The van der Waals surface area contributed by atoms with Crippen molar-refractivity contribution in [2.75, 3.05) is 12.7 Å². The molecular formula is C19H29N2O5P. The third-order valence-electron chi connectivity index (χ3n) is 5.13. The number of aliphatic carboxylic acids is 1. The van der Waals surface area contributed by atoms with Crippen LogP contribution in [0.4, 0.5) is 0 Å². The van der Waals surface area contributed by atoms with Crippen molar-refractivity contribution in [2.24, 2.45) is 17.6 Å². The minimum atomic E-state index is -3.90. The van der Waals surface area contributed by atoms with Crippen LogP contribution < -0.4 is 5.73 Å². The first-order valence-electron chi connectivity index (χ1n) is 9.27. The van der Waals surface area contributed by atoms with Crippen LogP contribution in [0.5, 0.6) is 0 Å². The van der Waals surface area contributed by atoms with E-state index in [4.69, 9.17) is 5.73 Å². The van der Waals surface area contributed by atoms with Crippen molar-refractivity contribution in [2.45, 2.75) is 44.9 Å². The topological polar surface area (TPSA) is 121 Å². The Bertz CT molecular complexity index is 709. The van der Waals surface area contributed by atoms with Crippen LogP contribution in [0.3, 0.4) is 0 Å². The number of carboxylic acid groups (broad SMARTS) is 1. The number of carboxylic acids is 1. The molecule has 8 heteroatoms. The predicted molar refractivity (Wildman–Crippen MR) is 104 cm³/mol. The number of rotatable bonds is 8. The Morgan fingerprint density at radius 1 is 1.30 bits per heavy atom. The van der Waals surface area contributed by atoms with Crippen molar-refractivity contribution >= 4 is 19.2 Å². The van der Waals surface area contributed by atoms with Crippen molar-refractivity contribution < 1.29 is 24.2 Å². The molecule has 7 nitrogen and oxygen atoms in total. The van der Waals surface area contributed by atoms with E-state index in [1.807, 2.05) is 19.9 Å². The van der Waals surface area contributed by atoms with E-state index in [0.29, 0.717) is 19.4 Å². The molecule has 0 spiro atoms. The molecule has 1 amide bonds. The molecule has 27 heavy (non-hydrogen) atoms. The van der Waals surface area contributed by atoms with Crippen molar-refractivity contribution in [3.05, 3.63) is 35.9 Å². The fraction of sp³-hybridized carbons (Fsp3) is 0.579. The first-order chi connectivity index (χ1) is 12.6. The zero-order valence-corrected chi connectivity index (χ0v) is 16.7. The molecule has 4 atom stereocenters. The molecule has 1 fully saturated rings. The van der Waals surface area contributed by atoms with Gasteiger partial charge in [-0.25, -0.2) is 0 Å². The number of nitrogens with zero attached hydrogens (tertiary/aromatic N) is 1. The molecule has 1 aliphatic rings. The van der Waals surface area contributed by atoms with E-state index in [1.54, 1.807) is 24.3 Å². The smallest absolute Gasteiger partial charge is 0.307 e. The van der Waals surface area contributed by atoms with Crippen LogP contribution in [0.15, 0.2) is 30.3 Å². The molecule has 1 aromatic rings. The van der Waals surface area contributed by atoms with Gasteiger partial charge in [-0.15, -0.1) is 0 Å². The summed E-state index contributed by atoms with van der Waals surface area (Å²) in [6.07, 6.45) is 0.819. The van der Waals surface area contributed by atoms with Gasteiger partial charge in [0.15, 0.2) is 0 Å². The Morgan fingerprint density at radius 3 is 2.48 bits per heavy atom. The van der Waals surface area contributed by atoms with Gasteiger partial charge in [0.1, 0.15) is 5.78 Å². The summed E-state index contributed by atoms with van der Waals surface area (Å²) in [5, 5.41) is 9.54. The summed E-state index contributed by atoms with van der Waals surface area (Å²) < 4.78 is 13.1. The summed E-state index contributed by atoms with van der Waals surface area (Å²) in [5.41, 5.74) is 6.74. The summed E-state index contributed by atoms with van der Waals surface area (Å²) in [4.78, 5) is 36.4. The second-order valence-corrected chi connectivity index (χ2v) is 10.1. The lowest BCUT2D eigenvalue weighted by Gasteiger charge is -2.32. The largest absolute Gasteiger partial charge is 0.481 e. The van der Waals surface area contributed by atoms with E-state index < -0.39 is 31.1 Å². The molecule has 4 N–H and O–H groups in total. The van der Waals surface area contributed by atoms with Gasteiger partial charge >= 0.3 is 5.97 Å². The summed E-state index contributed by atoms with van der Waals surface area (Å²) in [6, 6.07) is 8.30. The summed E-state index contributed by atoms with van der Waals surface area (Å²) in [6.45, 7) is 4.03. The number of carbonyl (C=O) groups excluding carboxylic acids is 1. The lowest BCUT2D eigenvalue weighted by atomic mass is 10.0. The van der Waals surface area contributed by atoms with E-state index in [2.05, 4.69) is 0 Å². The van der Waals surface area contributed by atoms with Gasteiger partial charge in [0.25, 0.3) is 0 Å². The van der Waals surface area contributed by atoms with E-state index in [9.17, 15) is 24.2 Å². The number of amides is 1. The molecule has 1 aliphatic heterocycles. The fourth-order valence-corrected chi connectivity index (χ4v) is 5.88. The van der Waals surface area contributed by atoms with Crippen molar-refractivity contribution in [1.82, 2.24) is 4.90 Å². The first kappa shape index (κ1) is 21.6. The van der Waals surface area contributed by atoms with E-state index in [0.717, 1.165) is 5.56 Å². The fourth-order valence-electron chi connectivity index (χ4n) is 3.47. The first-order valence-corrected chi connectivity index (χ1v) is 11.2. The van der Waals surface area contributed by atoms with Crippen LogP contribution in [-0.4, -0.2) is 51.3 Å². The number of benzene rings is 1. The average Bonchev–Trinajstić information content (AvgIpc) is 3.11. The lowest BCUT2D eigenvalue weighted by molar-refractivity contribution is -0.141.